The lowest BCUT2D eigenvalue weighted by Crippen LogP contribution is -2.46. The number of hydrogen-bond donors (Lipinski definition) is 2. The van der Waals surface area contributed by atoms with Crippen LogP contribution in [0.3, 0.4) is 0 Å². The average Bonchev–Trinajstić information content (AvgIpc) is 2.60. The lowest BCUT2D eigenvalue weighted by molar-refractivity contribution is 0.0709. The first-order chi connectivity index (χ1) is 12.1. The molecule has 0 saturated heterocycles. The summed E-state index contributed by atoms with van der Waals surface area (Å²) in [6, 6.07) is 11.2. The number of hydrogen-bond acceptors (Lipinski definition) is 4. The van der Waals surface area contributed by atoms with Gasteiger partial charge in [-0.3, -0.25) is 0 Å². The molecule has 7 heteroatoms. The molecule has 0 aliphatic heterocycles. The van der Waals surface area contributed by atoms with Crippen LogP contribution in [-0.2, 0) is 13.3 Å². The van der Waals surface area contributed by atoms with Crippen LogP contribution in [-0.4, -0.2) is 40.3 Å². The van der Waals surface area contributed by atoms with Crippen molar-refractivity contribution in [3.8, 4) is 0 Å². The van der Waals surface area contributed by atoms with Crippen molar-refractivity contribution in [3.05, 3.63) is 35.9 Å². The van der Waals surface area contributed by atoms with E-state index in [0.717, 1.165) is 19.0 Å². The minimum absolute atomic E-state index is 0.171. The summed E-state index contributed by atoms with van der Waals surface area (Å²) in [7, 11) is -2.56. The minimum atomic E-state index is -2.56. The normalized spacial score (nSPS) is 12.6. The molecule has 0 bridgehead atoms. The van der Waals surface area contributed by atoms with Crippen molar-refractivity contribution >= 4 is 26.1 Å². The second-order valence-corrected chi connectivity index (χ2v) is 8.76. The van der Waals surface area contributed by atoms with Gasteiger partial charge in [-0.1, -0.05) is 30.3 Å². The molecule has 0 aromatic heterocycles. The van der Waals surface area contributed by atoms with Gasteiger partial charge in [0, 0.05) is 32.4 Å². The van der Waals surface area contributed by atoms with Crippen LogP contribution in [0.5, 0.6) is 0 Å². The van der Waals surface area contributed by atoms with Crippen molar-refractivity contribution in [2.45, 2.75) is 46.2 Å². The summed E-state index contributed by atoms with van der Waals surface area (Å²) in [5.41, 5.74) is 1.21. The van der Waals surface area contributed by atoms with Crippen molar-refractivity contribution in [3.63, 3.8) is 0 Å². The third-order valence-corrected chi connectivity index (χ3v) is 7.10. The third-order valence-electron chi connectivity index (χ3n) is 3.69. The van der Waals surface area contributed by atoms with Crippen LogP contribution in [0, 0.1) is 0 Å². The summed E-state index contributed by atoms with van der Waals surface area (Å²) in [4.78, 5) is 0. The molecular weight excluding hydrogens is 352 g/mol. The molecule has 5 nitrogen and oxygen atoms in total. The maximum absolute atomic E-state index is 5.86. The van der Waals surface area contributed by atoms with E-state index in [1.165, 1.54) is 5.56 Å². The van der Waals surface area contributed by atoms with Crippen molar-refractivity contribution in [2.24, 2.45) is 0 Å². The highest BCUT2D eigenvalue weighted by Crippen LogP contribution is 2.17. The van der Waals surface area contributed by atoms with E-state index in [1.807, 2.05) is 39.0 Å². The summed E-state index contributed by atoms with van der Waals surface area (Å²) >= 11 is 5.39. The number of rotatable bonds is 12. The van der Waals surface area contributed by atoms with Gasteiger partial charge >= 0.3 is 8.80 Å². The average molecular weight is 385 g/mol. The van der Waals surface area contributed by atoms with Gasteiger partial charge in [0.1, 0.15) is 0 Å². The van der Waals surface area contributed by atoms with E-state index in [1.54, 1.807) is 0 Å². The molecule has 0 amide bonds. The number of thiocarbonyl (C=S) groups is 1. The monoisotopic (exact) mass is 384 g/mol. The summed E-state index contributed by atoms with van der Waals surface area (Å²) in [6.07, 6.45) is 0.883. The molecule has 0 aliphatic carbocycles. The van der Waals surface area contributed by atoms with Crippen LogP contribution >= 0.6 is 12.2 Å². The first kappa shape index (κ1) is 22.0. The zero-order valence-electron chi connectivity index (χ0n) is 15.8. The third kappa shape index (κ3) is 8.28. The number of nitrogens with one attached hydrogen (secondary N) is 2. The molecule has 142 valence electrons. The van der Waals surface area contributed by atoms with Gasteiger partial charge in [-0.2, -0.15) is 0 Å². The van der Waals surface area contributed by atoms with E-state index in [-0.39, 0.29) is 6.04 Å². The van der Waals surface area contributed by atoms with Gasteiger partial charge in [-0.05, 0) is 51.9 Å². The van der Waals surface area contributed by atoms with Crippen LogP contribution in [0.2, 0.25) is 6.04 Å². The van der Waals surface area contributed by atoms with Gasteiger partial charge in [0.05, 0.1) is 6.04 Å². The zero-order valence-corrected chi connectivity index (χ0v) is 17.7. The molecule has 2 N–H and O–H groups in total. The van der Waals surface area contributed by atoms with E-state index < -0.39 is 8.80 Å². The Hall–Kier alpha value is -0.993. The molecule has 0 aliphatic rings. The van der Waals surface area contributed by atoms with E-state index in [2.05, 4.69) is 29.7 Å². The molecule has 0 radical (unpaired) electrons. The summed E-state index contributed by atoms with van der Waals surface area (Å²) in [6.45, 7) is 10.6. The Bertz CT molecular complexity index is 473. The summed E-state index contributed by atoms with van der Waals surface area (Å²) in [5, 5.41) is 7.23. The van der Waals surface area contributed by atoms with Gasteiger partial charge < -0.3 is 23.9 Å². The zero-order chi connectivity index (χ0) is 18.5. The maximum Gasteiger partial charge on any atom is 0.500 e. The molecule has 1 rings (SSSR count). The lowest BCUT2D eigenvalue weighted by Gasteiger charge is -2.28. The maximum atomic E-state index is 5.86. The van der Waals surface area contributed by atoms with Crippen LogP contribution in [0.4, 0.5) is 0 Å². The first-order valence-corrected chi connectivity index (χ1v) is 11.4. The topological polar surface area (TPSA) is 51.8 Å². The second kappa shape index (κ2) is 12.4. The smallest absolute Gasteiger partial charge is 0.374 e. The van der Waals surface area contributed by atoms with Crippen molar-refractivity contribution in [1.82, 2.24) is 10.6 Å². The van der Waals surface area contributed by atoms with Crippen LogP contribution in [0.25, 0.3) is 0 Å². The second-order valence-electron chi connectivity index (χ2n) is 5.62. The summed E-state index contributed by atoms with van der Waals surface area (Å²) in [5.74, 6) is 0. The molecule has 1 unspecified atom stereocenters. The highest BCUT2D eigenvalue weighted by atomic mass is 32.1. The fourth-order valence-corrected chi connectivity index (χ4v) is 5.47. The van der Waals surface area contributed by atoms with Gasteiger partial charge in [0.2, 0.25) is 0 Å². The van der Waals surface area contributed by atoms with E-state index in [9.17, 15) is 0 Å². The molecule has 0 spiro atoms. The standard InChI is InChI=1S/C18H32N2O3SSi/c1-5-21-25(22-6-2,23-7-3)15-11-14-19-18(24)20-16(4)17-12-9-8-10-13-17/h8-10,12-13,16H,5-7,11,14-15H2,1-4H3,(H2,19,20,24). The lowest BCUT2D eigenvalue weighted by atomic mass is 10.1. The highest BCUT2D eigenvalue weighted by Gasteiger charge is 2.39. The molecule has 0 fully saturated rings. The van der Waals surface area contributed by atoms with Crippen LogP contribution in [0.1, 0.15) is 45.7 Å². The Morgan fingerprint density at radius 2 is 1.60 bits per heavy atom. The SMILES string of the molecule is CCO[Si](CCCNC(=S)NC(C)c1ccccc1)(OCC)OCC. The Morgan fingerprint density at radius 3 is 2.12 bits per heavy atom. The Kier molecular flexibility index (Phi) is 10.9. The molecule has 0 saturated carbocycles. The van der Waals surface area contributed by atoms with Crippen LogP contribution in [0.15, 0.2) is 30.3 Å². The van der Waals surface area contributed by atoms with Gasteiger partial charge in [-0.25, -0.2) is 0 Å². The molecule has 1 atom stereocenters. The van der Waals surface area contributed by atoms with E-state index in [4.69, 9.17) is 25.5 Å². The Morgan fingerprint density at radius 1 is 1.04 bits per heavy atom. The van der Waals surface area contributed by atoms with Gasteiger partial charge in [0.25, 0.3) is 0 Å². The molecule has 1 aromatic rings. The van der Waals surface area contributed by atoms with Crippen molar-refractivity contribution in [1.29, 1.82) is 0 Å². The fourth-order valence-electron chi connectivity index (χ4n) is 2.58. The first-order valence-electron chi connectivity index (χ1n) is 9.08. The molecule has 1 aromatic carbocycles. The van der Waals surface area contributed by atoms with E-state index in [0.29, 0.717) is 24.9 Å². The van der Waals surface area contributed by atoms with Crippen molar-refractivity contribution < 1.29 is 13.3 Å². The highest BCUT2D eigenvalue weighted by molar-refractivity contribution is 7.80. The minimum Gasteiger partial charge on any atom is -0.374 e. The fraction of sp³-hybridized carbons (Fsp3) is 0.611. The quantitative estimate of drug-likeness (QED) is 0.326. The summed E-state index contributed by atoms with van der Waals surface area (Å²) < 4.78 is 17.6. The Balaban J connectivity index is 2.38. The van der Waals surface area contributed by atoms with Gasteiger partial charge in [-0.15, -0.1) is 0 Å². The largest absolute Gasteiger partial charge is 0.500 e. The molecular formula is C18H32N2O3SSi. The molecule has 0 heterocycles. The van der Waals surface area contributed by atoms with Crippen LogP contribution < -0.4 is 10.6 Å². The molecule has 25 heavy (non-hydrogen) atoms. The predicted octanol–water partition coefficient (Wildman–Crippen LogP) is 3.65. The number of benzene rings is 1. The predicted molar refractivity (Wildman–Crippen MR) is 109 cm³/mol. The van der Waals surface area contributed by atoms with Gasteiger partial charge in [0.15, 0.2) is 5.11 Å². The van der Waals surface area contributed by atoms with E-state index >= 15 is 0 Å². The van der Waals surface area contributed by atoms with Crippen molar-refractivity contribution in [2.75, 3.05) is 26.4 Å². The Labute approximate surface area is 158 Å².